The number of benzene rings is 3. The minimum absolute atomic E-state index is 0.370. The van der Waals surface area contributed by atoms with Crippen LogP contribution in [0.25, 0.3) is 0 Å². The van der Waals surface area contributed by atoms with E-state index in [4.69, 9.17) is 5.21 Å². The first kappa shape index (κ1) is 39.0. The van der Waals surface area contributed by atoms with E-state index in [-0.39, 0.29) is 0 Å². The van der Waals surface area contributed by atoms with Crippen molar-refractivity contribution in [2.24, 2.45) is 17.0 Å². The number of para-hydroxylation sites is 2. The van der Waals surface area contributed by atoms with Crippen LogP contribution in [0, 0.1) is 11.8 Å². The van der Waals surface area contributed by atoms with Gasteiger partial charge < -0.3 is 15.4 Å². The molecule has 0 bridgehead atoms. The average Bonchev–Trinajstić information content (AvgIpc) is 3.10. The van der Waals surface area contributed by atoms with Crippen LogP contribution in [-0.2, 0) is 26.5 Å². The lowest BCUT2D eigenvalue weighted by atomic mass is 9.97. The first-order valence-electron chi connectivity index (χ1n) is 16.7. The van der Waals surface area contributed by atoms with E-state index in [1.807, 2.05) is 66.7 Å². The lowest BCUT2D eigenvalue weighted by molar-refractivity contribution is 0.180. The minimum Gasteiger partial charge on any atom is -0.411 e. The molecule has 12 heteroatoms. The topological polar surface area (TPSA) is 123 Å². The molecule has 0 amide bonds. The first-order chi connectivity index (χ1) is 23.0. The molecular formula is C36H53N5O5S2. The van der Waals surface area contributed by atoms with Crippen molar-refractivity contribution >= 4 is 37.6 Å². The molecule has 3 aromatic rings. The van der Waals surface area contributed by atoms with E-state index in [9.17, 15) is 16.8 Å². The maximum Gasteiger partial charge on any atom is 0.232 e. The molecule has 2 heterocycles. The summed E-state index contributed by atoms with van der Waals surface area (Å²) in [5, 5.41) is 13.4. The molecule has 0 aromatic heterocycles. The van der Waals surface area contributed by atoms with Gasteiger partial charge in [0.2, 0.25) is 20.0 Å². The maximum absolute atomic E-state index is 12.3. The molecular weight excluding hydrogens is 647 g/mol. The van der Waals surface area contributed by atoms with Crippen LogP contribution in [-0.4, -0.2) is 91.5 Å². The highest BCUT2D eigenvalue weighted by Crippen LogP contribution is 2.24. The number of sulfonamides is 2. The van der Waals surface area contributed by atoms with Crippen molar-refractivity contribution < 1.29 is 22.0 Å². The molecule has 10 nitrogen and oxygen atoms in total. The van der Waals surface area contributed by atoms with Crippen molar-refractivity contribution in [2.45, 2.75) is 39.0 Å². The standard InChI is InChI=1S/C21H28N2O2S.C13H20N2O2S.C2H5NO/c1-26(24,25)23(21-12-6-3-7-13-21)18-20-11-8-15-22(17-20)16-14-19-9-4-2-5-10-19;1-18(16,17)15(13-7-3-2-4-8-13)11-12-6-5-9-14-10-12;1-2-3-4/h2-7,9-10,12-13,20H,8,11,14-18H2,1H3;2-4,7-8,12,14H,5-6,9-11H2,1H3;2,4H,1H3/b;;3-2+. The van der Waals surface area contributed by atoms with Gasteiger partial charge in [-0.1, -0.05) is 66.7 Å². The van der Waals surface area contributed by atoms with Crippen molar-refractivity contribution in [2.75, 3.05) is 66.9 Å². The zero-order valence-electron chi connectivity index (χ0n) is 28.6. The Hall–Kier alpha value is -3.45. The maximum atomic E-state index is 12.3. The Bertz CT molecular complexity index is 1550. The zero-order chi connectivity index (χ0) is 34.8. The van der Waals surface area contributed by atoms with E-state index in [0.29, 0.717) is 24.9 Å². The molecule has 3 aromatic carbocycles. The summed E-state index contributed by atoms with van der Waals surface area (Å²) in [4.78, 5) is 2.48. The van der Waals surface area contributed by atoms with Crippen molar-refractivity contribution in [3.05, 3.63) is 96.6 Å². The van der Waals surface area contributed by atoms with Crippen molar-refractivity contribution in [3.63, 3.8) is 0 Å². The minimum atomic E-state index is -3.28. The van der Waals surface area contributed by atoms with Gasteiger partial charge in [-0.3, -0.25) is 8.61 Å². The number of oxime groups is 1. The molecule has 2 aliphatic rings. The van der Waals surface area contributed by atoms with E-state index in [2.05, 4.69) is 39.6 Å². The number of rotatable bonds is 11. The van der Waals surface area contributed by atoms with Gasteiger partial charge in [-0.15, -0.1) is 5.16 Å². The third kappa shape index (κ3) is 14.0. The summed E-state index contributed by atoms with van der Waals surface area (Å²) < 4.78 is 51.5. The third-order valence-corrected chi connectivity index (χ3v) is 10.7. The smallest absolute Gasteiger partial charge is 0.232 e. The van der Waals surface area contributed by atoms with Crippen LogP contribution in [0.15, 0.2) is 96.2 Å². The number of anilines is 2. The van der Waals surface area contributed by atoms with Crippen molar-refractivity contribution in [1.82, 2.24) is 10.2 Å². The van der Waals surface area contributed by atoms with Crippen LogP contribution in [0.4, 0.5) is 11.4 Å². The average molecular weight is 700 g/mol. The summed E-state index contributed by atoms with van der Waals surface area (Å²) in [6.45, 7) is 7.81. The van der Waals surface area contributed by atoms with E-state index in [1.165, 1.54) is 28.6 Å². The predicted octanol–water partition coefficient (Wildman–Crippen LogP) is 5.33. The molecule has 48 heavy (non-hydrogen) atoms. The Morgan fingerprint density at radius 3 is 1.73 bits per heavy atom. The number of likely N-dealkylation sites (tertiary alicyclic amines) is 1. The van der Waals surface area contributed by atoms with Crippen LogP contribution in [0.2, 0.25) is 0 Å². The third-order valence-electron chi connectivity index (χ3n) is 8.41. The number of hydrogen-bond donors (Lipinski definition) is 2. The zero-order valence-corrected chi connectivity index (χ0v) is 30.2. The molecule has 0 aliphatic carbocycles. The molecule has 0 spiro atoms. The lowest BCUT2D eigenvalue weighted by Crippen LogP contribution is -2.43. The van der Waals surface area contributed by atoms with Crippen molar-refractivity contribution in [3.8, 4) is 0 Å². The van der Waals surface area contributed by atoms with Crippen LogP contribution in [0.5, 0.6) is 0 Å². The number of nitrogens with one attached hydrogen (secondary N) is 1. The normalized spacial score (nSPS) is 18.6. The highest BCUT2D eigenvalue weighted by atomic mass is 32.2. The quantitative estimate of drug-likeness (QED) is 0.158. The van der Waals surface area contributed by atoms with Gasteiger partial charge >= 0.3 is 0 Å². The van der Waals surface area contributed by atoms with Gasteiger partial charge in [0.05, 0.1) is 23.9 Å². The van der Waals surface area contributed by atoms with Crippen LogP contribution >= 0.6 is 0 Å². The first-order valence-corrected chi connectivity index (χ1v) is 20.4. The van der Waals surface area contributed by atoms with Crippen LogP contribution < -0.4 is 13.9 Å². The largest absolute Gasteiger partial charge is 0.411 e. The SMILES string of the molecule is C/C=N/O.CS(=O)(=O)N(CC1CCCN(CCc2ccccc2)C1)c1ccccc1.CS(=O)(=O)N(CC1CCCNC1)c1ccccc1. The highest BCUT2D eigenvalue weighted by molar-refractivity contribution is 7.92. The second-order valence-electron chi connectivity index (χ2n) is 12.4. The predicted molar refractivity (Wildman–Crippen MR) is 198 cm³/mol. The fourth-order valence-electron chi connectivity index (χ4n) is 6.04. The molecule has 5 rings (SSSR count). The second kappa shape index (κ2) is 20.2. The van der Waals surface area contributed by atoms with E-state index in [0.717, 1.165) is 76.2 Å². The van der Waals surface area contributed by atoms with Gasteiger partial charge in [0.1, 0.15) is 0 Å². The monoisotopic (exact) mass is 699 g/mol. The molecule has 2 aliphatic heterocycles. The van der Waals surface area contributed by atoms with Gasteiger partial charge in [0.15, 0.2) is 0 Å². The summed E-state index contributed by atoms with van der Waals surface area (Å²) in [5.74, 6) is 0.767. The van der Waals surface area contributed by atoms with Crippen molar-refractivity contribution in [1.29, 1.82) is 0 Å². The number of hydrogen-bond acceptors (Lipinski definition) is 8. The van der Waals surface area contributed by atoms with Crippen LogP contribution in [0.1, 0.15) is 38.2 Å². The highest BCUT2D eigenvalue weighted by Gasteiger charge is 2.26. The van der Waals surface area contributed by atoms with E-state index in [1.54, 1.807) is 11.2 Å². The molecule has 264 valence electrons. The van der Waals surface area contributed by atoms with E-state index >= 15 is 0 Å². The summed E-state index contributed by atoms with van der Waals surface area (Å²) in [7, 11) is -6.49. The van der Waals surface area contributed by atoms with Gasteiger partial charge in [-0.25, -0.2) is 16.8 Å². The van der Waals surface area contributed by atoms with Gasteiger partial charge in [0.25, 0.3) is 0 Å². The molecule has 2 fully saturated rings. The summed E-state index contributed by atoms with van der Waals surface area (Å²) in [6.07, 6.45) is 9.35. The fourth-order valence-corrected chi connectivity index (χ4v) is 8.01. The Morgan fingerprint density at radius 1 is 0.792 bits per heavy atom. The van der Waals surface area contributed by atoms with Crippen LogP contribution in [0.3, 0.4) is 0 Å². The summed E-state index contributed by atoms with van der Waals surface area (Å²) >= 11 is 0. The molecule has 2 unspecified atom stereocenters. The Kier molecular flexibility index (Phi) is 16.4. The van der Waals surface area contributed by atoms with Gasteiger partial charge in [-0.05, 0) is 100 Å². The molecule has 2 N–H and O–H groups in total. The summed E-state index contributed by atoms with van der Waals surface area (Å²) in [5.41, 5.74) is 2.87. The lowest BCUT2D eigenvalue weighted by Gasteiger charge is -2.35. The Morgan fingerprint density at radius 2 is 1.27 bits per heavy atom. The Labute approximate surface area is 288 Å². The van der Waals surface area contributed by atoms with Gasteiger partial charge in [0, 0.05) is 32.4 Å². The molecule has 0 radical (unpaired) electrons. The Balaban J connectivity index is 0.000000247. The molecule has 0 saturated carbocycles. The number of nitrogens with zero attached hydrogens (tertiary/aromatic N) is 4. The summed E-state index contributed by atoms with van der Waals surface area (Å²) in [6, 6.07) is 29.3. The molecule has 2 saturated heterocycles. The fraction of sp³-hybridized carbons (Fsp3) is 0.472. The van der Waals surface area contributed by atoms with E-state index < -0.39 is 20.0 Å². The number of piperidine rings is 2. The molecule has 2 atom stereocenters. The second-order valence-corrected chi connectivity index (χ2v) is 16.2. The van der Waals surface area contributed by atoms with Gasteiger partial charge in [-0.2, -0.15) is 0 Å².